The molecule has 0 aliphatic heterocycles. The fourth-order valence-corrected chi connectivity index (χ4v) is 2.74. The van der Waals surface area contributed by atoms with Gasteiger partial charge in [0.25, 0.3) is 0 Å². The van der Waals surface area contributed by atoms with Crippen molar-refractivity contribution in [3.8, 4) is 0 Å². The predicted octanol–water partition coefficient (Wildman–Crippen LogP) is 0.313. The van der Waals surface area contributed by atoms with Crippen LogP contribution in [0, 0.1) is 17.8 Å². The maximum atomic E-state index is 11.6. The largest absolute Gasteiger partial charge is 0.481 e. The van der Waals surface area contributed by atoms with Crippen LogP contribution in [0.5, 0.6) is 0 Å². The molecule has 2 atom stereocenters. The Morgan fingerprint density at radius 3 is 2.33 bits per heavy atom. The molecule has 4 N–H and O–H groups in total. The van der Waals surface area contributed by atoms with E-state index in [0.29, 0.717) is 26.1 Å². The van der Waals surface area contributed by atoms with Gasteiger partial charge in [-0.15, -0.1) is 0 Å². The third kappa shape index (κ3) is 4.91. The summed E-state index contributed by atoms with van der Waals surface area (Å²) in [7, 11) is 0. The van der Waals surface area contributed by atoms with Crippen molar-refractivity contribution in [2.45, 2.75) is 32.1 Å². The van der Waals surface area contributed by atoms with Crippen molar-refractivity contribution in [2.24, 2.45) is 17.8 Å². The Hall–Kier alpha value is -1.79. The van der Waals surface area contributed by atoms with Gasteiger partial charge in [0.15, 0.2) is 0 Å². The van der Waals surface area contributed by atoms with Crippen molar-refractivity contribution in [2.75, 3.05) is 19.6 Å². The molecule has 2 saturated carbocycles. The van der Waals surface area contributed by atoms with Crippen LogP contribution in [0.25, 0.3) is 0 Å². The van der Waals surface area contributed by atoms with Crippen LogP contribution < -0.4 is 16.0 Å². The Bertz CT molecular complexity index is 409. The van der Waals surface area contributed by atoms with Gasteiger partial charge in [-0.05, 0) is 31.6 Å². The van der Waals surface area contributed by atoms with Crippen LogP contribution in [0.4, 0.5) is 4.79 Å². The summed E-state index contributed by atoms with van der Waals surface area (Å²) >= 11 is 0. The van der Waals surface area contributed by atoms with E-state index >= 15 is 0 Å². The van der Waals surface area contributed by atoms with Gasteiger partial charge in [-0.2, -0.15) is 0 Å². The number of carbonyl (C=O) groups is 3. The minimum atomic E-state index is -0.775. The Labute approximate surface area is 123 Å². The van der Waals surface area contributed by atoms with E-state index in [1.807, 2.05) is 0 Å². The molecular weight excluding hydrogens is 274 g/mol. The predicted molar refractivity (Wildman–Crippen MR) is 75.6 cm³/mol. The third-order valence-electron chi connectivity index (χ3n) is 4.16. The van der Waals surface area contributed by atoms with Crippen LogP contribution in [0.1, 0.15) is 32.1 Å². The molecule has 3 amide bonds. The van der Waals surface area contributed by atoms with Crippen LogP contribution >= 0.6 is 0 Å². The molecule has 2 rings (SSSR count). The van der Waals surface area contributed by atoms with Gasteiger partial charge in [-0.1, -0.05) is 6.42 Å². The van der Waals surface area contributed by atoms with E-state index in [2.05, 4.69) is 16.0 Å². The average molecular weight is 297 g/mol. The molecule has 7 nitrogen and oxygen atoms in total. The molecule has 118 valence electrons. The minimum absolute atomic E-state index is 0.0165. The van der Waals surface area contributed by atoms with Gasteiger partial charge < -0.3 is 21.1 Å². The molecule has 0 radical (unpaired) electrons. The zero-order chi connectivity index (χ0) is 15.2. The Balaban J connectivity index is 1.54. The second-order valence-corrected chi connectivity index (χ2v) is 5.84. The molecule has 2 unspecified atom stereocenters. The van der Waals surface area contributed by atoms with Gasteiger partial charge >= 0.3 is 12.0 Å². The normalized spacial score (nSPS) is 24.4. The van der Waals surface area contributed by atoms with Gasteiger partial charge in [0.2, 0.25) is 5.91 Å². The molecule has 7 heteroatoms. The summed E-state index contributed by atoms with van der Waals surface area (Å²) in [6, 6.07) is -0.313. The lowest BCUT2D eigenvalue weighted by Gasteiger charge is -2.16. The second-order valence-electron chi connectivity index (χ2n) is 5.84. The molecule has 0 aromatic carbocycles. The van der Waals surface area contributed by atoms with E-state index in [1.165, 1.54) is 0 Å². The molecule has 2 aliphatic rings. The summed E-state index contributed by atoms with van der Waals surface area (Å²) in [5.41, 5.74) is 0. The van der Waals surface area contributed by atoms with E-state index in [0.717, 1.165) is 25.7 Å². The Morgan fingerprint density at radius 1 is 0.952 bits per heavy atom. The molecule has 0 aromatic heterocycles. The first-order valence-electron chi connectivity index (χ1n) is 7.60. The highest BCUT2D eigenvalue weighted by Gasteiger charge is 2.32. The summed E-state index contributed by atoms with van der Waals surface area (Å²) in [5, 5.41) is 17.2. The number of carboxylic acids is 1. The smallest absolute Gasteiger partial charge is 0.314 e. The van der Waals surface area contributed by atoms with Crippen LogP contribution in [0.2, 0.25) is 0 Å². The molecule has 0 heterocycles. The number of carbonyl (C=O) groups excluding carboxylic acids is 2. The SMILES string of the molecule is O=C(NCCNC(=O)C1CC1)NCC1CCCC1C(=O)O. The van der Waals surface area contributed by atoms with Crippen molar-refractivity contribution in [3.05, 3.63) is 0 Å². The first-order valence-corrected chi connectivity index (χ1v) is 7.60. The van der Waals surface area contributed by atoms with Gasteiger partial charge in [0.05, 0.1) is 5.92 Å². The zero-order valence-corrected chi connectivity index (χ0v) is 12.1. The Kier molecular flexibility index (Phi) is 5.41. The Morgan fingerprint density at radius 2 is 1.67 bits per heavy atom. The molecule has 2 aliphatic carbocycles. The lowest BCUT2D eigenvalue weighted by Crippen LogP contribution is -2.42. The van der Waals surface area contributed by atoms with Crippen molar-refractivity contribution >= 4 is 17.9 Å². The highest BCUT2D eigenvalue weighted by Crippen LogP contribution is 2.31. The fraction of sp³-hybridized carbons (Fsp3) is 0.786. The molecule has 0 bridgehead atoms. The van der Waals surface area contributed by atoms with Crippen molar-refractivity contribution in [1.82, 2.24) is 16.0 Å². The fourth-order valence-electron chi connectivity index (χ4n) is 2.74. The summed E-state index contributed by atoms with van der Waals surface area (Å²) in [6.45, 7) is 1.18. The molecular formula is C14H23N3O4. The first kappa shape index (κ1) is 15.6. The van der Waals surface area contributed by atoms with E-state index in [-0.39, 0.29) is 29.7 Å². The quantitative estimate of drug-likeness (QED) is 0.507. The monoisotopic (exact) mass is 297 g/mol. The van der Waals surface area contributed by atoms with Crippen molar-refractivity contribution in [1.29, 1.82) is 0 Å². The molecule has 2 fully saturated rings. The number of urea groups is 1. The maximum absolute atomic E-state index is 11.6. The number of carboxylic acid groups (broad SMARTS) is 1. The second kappa shape index (κ2) is 7.28. The van der Waals surface area contributed by atoms with Crippen LogP contribution in [0.3, 0.4) is 0 Å². The molecule has 0 spiro atoms. The first-order chi connectivity index (χ1) is 10.1. The number of rotatable bonds is 7. The zero-order valence-electron chi connectivity index (χ0n) is 12.1. The number of hydrogen-bond donors (Lipinski definition) is 4. The van der Waals surface area contributed by atoms with E-state index in [1.54, 1.807) is 0 Å². The van der Waals surface area contributed by atoms with Crippen LogP contribution in [0.15, 0.2) is 0 Å². The summed E-state index contributed by atoms with van der Waals surface area (Å²) in [5.74, 6) is -0.866. The summed E-state index contributed by atoms with van der Waals surface area (Å²) < 4.78 is 0. The van der Waals surface area contributed by atoms with Crippen molar-refractivity contribution < 1.29 is 19.5 Å². The lowest BCUT2D eigenvalue weighted by atomic mass is 9.96. The number of hydrogen-bond acceptors (Lipinski definition) is 3. The van der Waals surface area contributed by atoms with Gasteiger partial charge in [-0.25, -0.2) is 4.79 Å². The van der Waals surface area contributed by atoms with Gasteiger partial charge in [0.1, 0.15) is 0 Å². The number of aliphatic carboxylic acids is 1. The minimum Gasteiger partial charge on any atom is -0.481 e. The summed E-state index contributed by atoms with van der Waals surface area (Å²) in [6.07, 6.45) is 4.36. The lowest BCUT2D eigenvalue weighted by molar-refractivity contribution is -0.142. The van der Waals surface area contributed by atoms with Crippen LogP contribution in [-0.4, -0.2) is 42.6 Å². The molecule has 0 aromatic rings. The standard InChI is InChI=1S/C14H23N3O4/c18-12(9-4-5-9)15-6-7-16-14(21)17-8-10-2-1-3-11(10)13(19)20/h9-11H,1-8H2,(H,15,18)(H,19,20)(H2,16,17,21). The average Bonchev–Trinajstić information content (AvgIpc) is 3.19. The molecule has 0 saturated heterocycles. The van der Waals surface area contributed by atoms with Gasteiger partial charge in [0, 0.05) is 25.6 Å². The van der Waals surface area contributed by atoms with Crippen molar-refractivity contribution in [3.63, 3.8) is 0 Å². The van der Waals surface area contributed by atoms with E-state index < -0.39 is 5.97 Å². The number of nitrogens with one attached hydrogen (secondary N) is 3. The number of amides is 3. The topological polar surface area (TPSA) is 108 Å². The van der Waals surface area contributed by atoms with E-state index in [4.69, 9.17) is 5.11 Å². The molecule has 21 heavy (non-hydrogen) atoms. The third-order valence-corrected chi connectivity index (χ3v) is 4.16. The summed E-state index contributed by atoms with van der Waals surface area (Å²) in [4.78, 5) is 34.0. The van der Waals surface area contributed by atoms with Gasteiger partial charge in [-0.3, -0.25) is 9.59 Å². The highest BCUT2D eigenvalue weighted by molar-refractivity contribution is 5.80. The maximum Gasteiger partial charge on any atom is 0.314 e. The van der Waals surface area contributed by atoms with Crippen LogP contribution in [-0.2, 0) is 9.59 Å². The highest BCUT2D eigenvalue weighted by atomic mass is 16.4. The van der Waals surface area contributed by atoms with E-state index in [9.17, 15) is 14.4 Å².